The van der Waals surface area contributed by atoms with Crippen molar-refractivity contribution in [3.63, 3.8) is 0 Å². The number of nitrogens with one attached hydrogen (secondary N) is 2. The van der Waals surface area contributed by atoms with Crippen LogP contribution in [0.4, 0.5) is 15.8 Å². The number of H-pyrrole nitrogens is 1. The number of benzene rings is 2. The van der Waals surface area contributed by atoms with Gasteiger partial charge in [-0.05, 0) is 62.4 Å². The molecule has 2 N–H and O–H groups in total. The van der Waals surface area contributed by atoms with Crippen LogP contribution in [0.2, 0.25) is 0 Å². The number of nitrogens with zero attached hydrogens (tertiary/aromatic N) is 5. The Hall–Kier alpha value is -4.47. The Morgan fingerprint density at radius 1 is 0.974 bits per heavy atom. The average Bonchev–Trinajstić information content (AvgIpc) is 3.57. The van der Waals surface area contributed by atoms with Crippen LogP contribution in [0.25, 0.3) is 22.8 Å². The number of piperazine rings is 1. The first kappa shape index (κ1) is 25.2. The number of imidazole rings is 2. The summed E-state index contributed by atoms with van der Waals surface area (Å²) in [6.07, 6.45) is 3.22. The molecule has 0 saturated carbocycles. The van der Waals surface area contributed by atoms with E-state index < -0.39 is 0 Å². The zero-order valence-corrected chi connectivity index (χ0v) is 21.6. The molecule has 5 rings (SSSR count). The van der Waals surface area contributed by atoms with Crippen molar-refractivity contribution in [3.05, 3.63) is 72.6 Å². The summed E-state index contributed by atoms with van der Waals surface area (Å²) in [5.74, 6) is -0.0320. The number of carbonyl (C=O) groups is 2. The number of halogens is 1. The van der Waals surface area contributed by atoms with Crippen LogP contribution >= 0.6 is 0 Å². The molecule has 10 heteroatoms. The van der Waals surface area contributed by atoms with Gasteiger partial charge in [-0.2, -0.15) is 0 Å². The fourth-order valence-corrected chi connectivity index (χ4v) is 4.60. The van der Waals surface area contributed by atoms with E-state index in [1.54, 1.807) is 25.4 Å². The third-order valence-corrected chi connectivity index (χ3v) is 6.73. The van der Waals surface area contributed by atoms with Gasteiger partial charge in [0, 0.05) is 56.1 Å². The maximum atomic E-state index is 13.5. The SMILES string of the molecule is CC(=O)N1CCN(c2ccc(NC(=O)c3cnc(-c4c(-c5ccc(F)cc5)ncn4C(C)C)[nH]3)cc2)CC1. The molecule has 1 saturated heterocycles. The van der Waals surface area contributed by atoms with E-state index in [1.807, 2.05) is 47.6 Å². The van der Waals surface area contributed by atoms with Crippen LogP contribution in [-0.2, 0) is 4.79 Å². The highest BCUT2D eigenvalue weighted by Gasteiger charge is 2.22. The second-order valence-electron chi connectivity index (χ2n) is 9.59. The van der Waals surface area contributed by atoms with Crippen LogP contribution in [0.15, 0.2) is 61.1 Å². The minimum Gasteiger partial charge on any atom is -0.368 e. The molecular weight excluding hydrogens is 485 g/mol. The normalized spacial score (nSPS) is 13.7. The smallest absolute Gasteiger partial charge is 0.273 e. The lowest BCUT2D eigenvalue weighted by Gasteiger charge is -2.35. The maximum Gasteiger partial charge on any atom is 0.273 e. The van der Waals surface area contributed by atoms with Gasteiger partial charge in [-0.3, -0.25) is 9.59 Å². The van der Waals surface area contributed by atoms with Crippen molar-refractivity contribution >= 4 is 23.2 Å². The Balaban J connectivity index is 1.31. The van der Waals surface area contributed by atoms with Crippen molar-refractivity contribution < 1.29 is 14.0 Å². The van der Waals surface area contributed by atoms with Gasteiger partial charge < -0.3 is 24.7 Å². The molecule has 0 unspecified atom stereocenters. The lowest BCUT2D eigenvalue weighted by atomic mass is 10.1. The highest BCUT2D eigenvalue weighted by molar-refractivity contribution is 6.03. The van der Waals surface area contributed by atoms with E-state index >= 15 is 0 Å². The van der Waals surface area contributed by atoms with Crippen molar-refractivity contribution in [2.45, 2.75) is 26.8 Å². The molecule has 3 heterocycles. The topological polar surface area (TPSA) is 99.2 Å². The number of aromatic amines is 1. The molecule has 2 aromatic heterocycles. The van der Waals surface area contributed by atoms with Gasteiger partial charge in [0.25, 0.3) is 5.91 Å². The van der Waals surface area contributed by atoms with Gasteiger partial charge in [-0.15, -0.1) is 0 Å². The van der Waals surface area contributed by atoms with Crippen LogP contribution in [0.1, 0.15) is 37.3 Å². The Kier molecular flexibility index (Phi) is 6.95. The number of anilines is 2. The largest absolute Gasteiger partial charge is 0.368 e. The first-order valence-electron chi connectivity index (χ1n) is 12.6. The lowest BCUT2D eigenvalue weighted by molar-refractivity contribution is -0.129. The molecule has 2 aromatic carbocycles. The van der Waals surface area contributed by atoms with E-state index in [1.165, 1.54) is 18.3 Å². The minimum absolute atomic E-state index is 0.0954. The number of aromatic nitrogens is 4. The van der Waals surface area contributed by atoms with Crippen molar-refractivity contribution in [1.82, 2.24) is 24.4 Å². The maximum absolute atomic E-state index is 13.5. The van der Waals surface area contributed by atoms with Gasteiger partial charge >= 0.3 is 0 Å². The van der Waals surface area contributed by atoms with Crippen LogP contribution in [0.3, 0.4) is 0 Å². The lowest BCUT2D eigenvalue weighted by Crippen LogP contribution is -2.48. The van der Waals surface area contributed by atoms with E-state index in [4.69, 9.17) is 0 Å². The van der Waals surface area contributed by atoms with Crippen molar-refractivity contribution in [1.29, 1.82) is 0 Å². The van der Waals surface area contributed by atoms with Gasteiger partial charge in [-0.25, -0.2) is 14.4 Å². The molecule has 0 radical (unpaired) electrons. The van der Waals surface area contributed by atoms with Crippen LogP contribution in [-0.4, -0.2) is 62.4 Å². The van der Waals surface area contributed by atoms with Crippen LogP contribution < -0.4 is 10.2 Å². The Labute approximate surface area is 220 Å². The van der Waals surface area contributed by atoms with Gasteiger partial charge in [0.05, 0.1) is 18.2 Å². The predicted molar refractivity (Wildman–Crippen MR) is 144 cm³/mol. The second kappa shape index (κ2) is 10.5. The third-order valence-electron chi connectivity index (χ3n) is 6.73. The monoisotopic (exact) mass is 515 g/mol. The van der Waals surface area contributed by atoms with Gasteiger partial charge in [0.2, 0.25) is 5.91 Å². The molecule has 1 fully saturated rings. The molecular formula is C28H30FN7O2. The van der Waals surface area contributed by atoms with Crippen LogP contribution in [0.5, 0.6) is 0 Å². The Bertz CT molecular complexity index is 1430. The van der Waals surface area contributed by atoms with Gasteiger partial charge in [-0.1, -0.05) is 0 Å². The van der Waals surface area contributed by atoms with E-state index in [9.17, 15) is 14.0 Å². The number of amides is 2. The highest BCUT2D eigenvalue weighted by Crippen LogP contribution is 2.32. The average molecular weight is 516 g/mol. The Morgan fingerprint density at radius 3 is 2.29 bits per heavy atom. The molecule has 2 amide bonds. The standard InChI is InChI=1S/C28H30FN7O2/c1-18(2)36-17-31-25(20-4-6-21(29)7-5-20)26(36)27-30-16-24(33-27)28(38)32-22-8-10-23(11-9-22)35-14-12-34(13-15-35)19(3)37/h4-11,16-18H,12-15H2,1-3H3,(H,30,33)(H,32,38). The zero-order chi connectivity index (χ0) is 26.8. The third kappa shape index (κ3) is 5.15. The fourth-order valence-electron chi connectivity index (χ4n) is 4.60. The number of rotatable bonds is 6. The summed E-state index contributed by atoms with van der Waals surface area (Å²) in [7, 11) is 0. The summed E-state index contributed by atoms with van der Waals surface area (Å²) in [6.45, 7) is 8.61. The molecule has 38 heavy (non-hydrogen) atoms. The number of hydrogen-bond acceptors (Lipinski definition) is 5. The molecule has 1 aliphatic rings. The fraction of sp³-hybridized carbons (Fsp3) is 0.286. The number of carbonyl (C=O) groups excluding carboxylic acids is 2. The molecule has 0 bridgehead atoms. The second-order valence-corrected chi connectivity index (χ2v) is 9.59. The van der Waals surface area contributed by atoms with Gasteiger partial charge in [0.1, 0.15) is 17.2 Å². The molecule has 4 aromatic rings. The van der Waals surface area contributed by atoms with E-state index in [2.05, 4.69) is 25.2 Å². The first-order chi connectivity index (χ1) is 18.3. The van der Waals surface area contributed by atoms with Crippen molar-refractivity contribution in [2.75, 3.05) is 36.4 Å². The summed E-state index contributed by atoms with van der Waals surface area (Å²) in [6, 6.07) is 13.9. The van der Waals surface area contributed by atoms with E-state index in [0.717, 1.165) is 30.0 Å². The van der Waals surface area contributed by atoms with Crippen molar-refractivity contribution in [2.24, 2.45) is 0 Å². The molecule has 0 atom stereocenters. The highest BCUT2D eigenvalue weighted by atomic mass is 19.1. The molecule has 1 aliphatic heterocycles. The first-order valence-corrected chi connectivity index (χ1v) is 12.6. The summed E-state index contributed by atoms with van der Waals surface area (Å²) < 4.78 is 15.5. The van der Waals surface area contributed by atoms with Gasteiger partial charge in [0.15, 0.2) is 5.82 Å². The van der Waals surface area contributed by atoms with E-state index in [0.29, 0.717) is 36.0 Å². The Morgan fingerprint density at radius 2 is 1.66 bits per heavy atom. The molecule has 0 aliphatic carbocycles. The molecule has 196 valence electrons. The van der Waals surface area contributed by atoms with E-state index in [-0.39, 0.29) is 23.7 Å². The number of hydrogen-bond donors (Lipinski definition) is 2. The molecule has 0 spiro atoms. The predicted octanol–water partition coefficient (Wildman–Crippen LogP) is 4.58. The summed E-state index contributed by atoms with van der Waals surface area (Å²) in [5.41, 5.74) is 4.15. The summed E-state index contributed by atoms with van der Waals surface area (Å²) in [5, 5.41) is 2.91. The minimum atomic E-state index is -0.320. The molecule has 9 nitrogen and oxygen atoms in total. The summed E-state index contributed by atoms with van der Waals surface area (Å²) >= 11 is 0. The quantitative estimate of drug-likeness (QED) is 0.392. The van der Waals surface area contributed by atoms with Crippen LogP contribution in [0, 0.1) is 5.82 Å². The van der Waals surface area contributed by atoms with Crippen molar-refractivity contribution in [3.8, 4) is 22.8 Å². The summed E-state index contributed by atoms with van der Waals surface area (Å²) in [4.78, 5) is 40.8. The zero-order valence-electron chi connectivity index (χ0n) is 21.6.